The predicted molar refractivity (Wildman–Crippen MR) is 81.2 cm³/mol. The first-order valence-corrected chi connectivity index (χ1v) is 7.35. The van der Waals surface area contributed by atoms with Crippen molar-refractivity contribution >= 4 is 17.4 Å². The highest BCUT2D eigenvalue weighted by atomic mass is 32.2. The Kier molecular flexibility index (Phi) is 4.64. The van der Waals surface area contributed by atoms with Gasteiger partial charge < -0.3 is 9.67 Å². The van der Waals surface area contributed by atoms with E-state index in [1.165, 1.54) is 17.8 Å². The van der Waals surface area contributed by atoms with Gasteiger partial charge in [0.1, 0.15) is 0 Å². The lowest BCUT2D eigenvalue weighted by Crippen LogP contribution is -2.00. The second kappa shape index (κ2) is 6.28. The molecule has 0 saturated heterocycles. The van der Waals surface area contributed by atoms with Crippen molar-refractivity contribution in [3.05, 3.63) is 51.3 Å². The van der Waals surface area contributed by atoms with Crippen LogP contribution in [0.3, 0.4) is 0 Å². The van der Waals surface area contributed by atoms with Crippen molar-refractivity contribution < 1.29 is 10.0 Å². The Balaban J connectivity index is 2.27. The standard InChI is InChI=1S/C14H17N3O3S/c1-9-4-5-11(17(19)20)6-13(9)10(2)21-14-15-7-12(8-18)16(14)3/h4-7,10,18H,8H2,1-3H3. The van der Waals surface area contributed by atoms with Gasteiger partial charge in [-0.15, -0.1) is 0 Å². The molecule has 0 fully saturated rings. The van der Waals surface area contributed by atoms with E-state index in [9.17, 15) is 15.2 Å². The van der Waals surface area contributed by atoms with Gasteiger partial charge in [0.25, 0.3) is 5.69 Å². The van der Waals surface area contributed by atoms with Gasteiger partial charge in [-0.1, -0.05) is 17.8 Å². The van der Waals surface area contributed by atoms with Gasteiger partial charge in [-0.25, -0.2) is 4.98 Å². The van der Waals surface area contributed by atoms with Gasteiger partial charge in [0.15, 0.2) is 5.16 Å². The lowest BCUT2D eigenvalue weighted by Gasteiger charge is -2.14. The summed E-state index contributed by atoms with van der Waals surface area (Å²) in [5, 5.41) is 20.9. The van der Waals surface area contributed by atoms with Crippen molar-refractivity contribution in [3.8, 4) is 0 Å². The molecule has 2 rings (SSSR count). The third-order valence-electron chi connectivity index (χ3n) is 3.40. The number of non-ortho nitro benzene ring substituents is 1. The lowest BCUT2D eigenvalue weighted by molar-refractivity contribution is -0.384. The minimum absolute atomic E-state index is 0.0255. The summed E-state index contributed by atoms with van der Waals surface area (Å²) >= 11 is 1.51. The molecule has 7 heteroatoms. The number of nitrogens with zero attached hydrogens (tertiary/aromatic N) is 3. The van der Waals surface area contributed by atoms with Gasteiger partial charge in [0.2, 0.25) is 0 Å². The number of aryl methyl sites for hydroxylation is 1. The highest BCUT2D eigenvalue weighted by Crippen LogP contribution is 2.36. The van der Waals surface area contributed by atoms with E-state index in [4.69, 9.17) is 0 Å². The van der Waals surface area contributed by atoms with Crippen LogP contribution < -0.4 is 0 Å². The monoisotopic (exact) mass is 307 g/mol. The molecule has 2 aromatic rings. The van der Waals surface area contributed by atoms with Gasteiger partial charge in [0.05, 0.1) is 23.4 Å². The normalized spacial score (nSPS) is 12.4. The molecule has 1 atom stereocenters. The van der Waals surface area contributed by atoms with Gasteiger partial charge in [-0.3, -0.25) is 10.1 Å². The van der Waals surface area contributed by atoms with Crippen LogP contribution in [0.5, 0.6) is 0 Å². The molecule has 0 spiro atoms. The number of nitro groups is 1. The van der Waals surface area contributed by atoms with Crippen molar-refractivity contribution in [2.24, 2.45) is 7.05 Å². The number of aromatic nitrogens is 2. The summed E-state index contributed by atoms with van der Waals surface area (Å²) in [7, 11) is 1.84. The average Bonchev–Trinajstić information content (AvgIpc) is 2.79. The Morgan fingerprint density at radius 1 is 1.52 bits per heavy atom. The number of aliphatic hydroxyl groups is 1. The number of nitro benzene ring substituents is 1. The first-order chi connectivity index (χ1) is 9.93. The van der Waals surface area contributed by atoms with Crippen LogP contribution in [-0.2, 0) is 13.7 Å². The first kappa shape index (κ1) is 15.5. The second-order valence-corrected chi connectivity index (χ2v) is 6.12. The van der Waals surface area contributed by atoms with Gasteiger partial charge in [-0.2, -0.15) is 0 Å². The summed E-state index contributed by atoms with van der Waals surface area (Å²) in [5.74, 6) is 0. The molecule has 0 radical (unpaired) electrons. The summed E-state index contributed by atoms with van der Waals surface area (Å²) in [6.45, 7) is 3.87. The maximum atomic E-state index is 10.9. The van der Waals surface area contributed by atoms with Crippen LogP contribution in [-0.4, -0.2) is 19.6 Å². The number of imidazole rings is 1. The van der Waals surface area contributed by atoms with E-state index in [1.807, 2.05) is 25.5 Å². The van der Waals surface area contributed by atoms with Crippen LogP contribution in [0.15, 0.2) is 29.6 Å². The topological polar surface area (TPSA) is 81.2 Å². The van der Waals surface area contributed by atoms with Crippen LogP contribution in [0.25, 0.3) is 0 Å². The summed E-state index contributed by atoms with van der Waals surface area (Å²) in [6.07, 6.45) is 1.63. The molecule has 21 heavy (non-hydrogen) atoms. The summed E-state index contributed by atoms with van der Waals surface area (Å²) < 4.78 is 1.83. The third-order valence-corrected chi connectivity index (χ3v) is 4.60. The number of hydrogen-bond donors (Lipinski definition) is 1. The molecule has 1 N–H and O–H groups in total. The Bertz CT molecular complexity index is 669. The van der Waals surface area contributed by atoms with Crippen LogP contribution >= 0.6 is 11.8 Å². The molecule has 112 valence electrons. The smallest absolute Gasteiger partial charge is 0.269 e. The van der Waals surface area contributed by atoms with Crippen LogP contribution in [0.2, 0.25) is 0 Å². The minimum atomic E-state index is -0.384. The fourth-order valence-electron chi connectivity index (χ4n) is 2.08. The minimum Gasteiger partial charge on any atom is -0.390 e. The maximum Gasteiger partial charge on any atom is 0.269 e. The second-order valence-electron chi connectivity index (χ2n) is 4.81. The highest BCUT2D eigenvalue weighted by Gasteiger charge is 2.17. The fourth-order valence-corrected chi connectivity index (χ4v) is 3.17. The van der Waals surface area contributed by atoms with Crippen LogP contribution in [0.4, 0.5) is 5.69 Å². The lowest BCUT2D eigenvalue weighted by atomic mass is 10.1. The number of thioether (sulfide) groups is 1. The van der Waals surface area contributed by atoms with E-state index in [0.29, 0.717) is 0 Å². The van der Waals surface area contributed by atoms with Crippen molar-refractivity contribution in [2.75, 3.05) is 0 Å². The molecule has 1 heterocycles. The SMILES string of the molecule is Cc1ccc([N+](=O)[O-])cc1C(C)Sc1ncc(CO)n1C. The molecule has 0 saturated carbocycles. The molecule has 0 aliphatic rings. The van der Waals surface area contributed by atoms with Gasteiger partial charge >= 0.3 is 0 Å². The predicted octanol–water partition coefficient (Wildman–Crippen LogP) is 2.98. The molecule has 1 unspecified atom stereocenters. The maximum absolute atomic E-state index is 10.9. The molecule has 1 aromatic heterocycles. The molecule has 0 amide bonds. The van der Waals surface area contributed by atoms with E-state index in [2.05, 4.69) is 4.98 Å². The fraction of sp³-hybridized carbons (Fsp3) is 0.357. The molecular formula is C14H17N3O3S. The van der Waals surface area contributed by atoms with E-state index in [-0.39, 0.29) is 22.5 Å². The van der Waals surface area contributed by atoms with E-state index in [1.54, 1.807) is 18.3 Å². The van der Waals surface area contributed by atoms with Crippen molar-refractivity contribution in [1.82, 2.24) is 9.55 Å². The molecule has 1 aromatic carbocycles. The van der Waals surface area contributed by atoms with Crippen molar-refractivity contribution in [1.29, 1.82) is 0 Å². The Labute approximate surface area is 127 Å². The molecule has 0 aliphatic carbocycles. The molecule has 0 aliphatic heterocycles. The van der Waals surface area contributed by atoms with Gasteiger partial charge in [0, 0.05) is 24.4 Å². The summed E-state index contributed by atoms with van der Waals surface area (Å²) in [5.41, 5.74) is 2.76. The average molecular weight is 307 g/mol. The zero-order valence-corrected chi connectivity index (χ0v) is 12.9. The quantitative estimate of drug-likeness (QED) is 0.522. The third kappa shape index (κ3) is 3.25. The van der Waals surface area contributed by atoms with Gasteiger partial charge in [-0.05, 0) is 25.0 Å². The number of hydrogen-bond acceptors (Lipinski definition) is 5. The first-order valence-electron chi connectivity index (χ1n) is 6.47. The number of aliphatic hydroxyl groups excluding tert-OH is 1. The van der Waals surface area contributed by atoms with Crippen molar-refractivity contribution in [3.63, 3.8) is 0 Å². The van der Waals surface area contributed by atoms with E-state index >= 15 is 0 Å². The summed E-state index contributed by atoms with van der Waals surface area (Å²) in [4.78, 5) is 14.8. The Morgan fingerprint density at radius 2 is 2.24 bits per heavy atom. The number of benzene rings is 1. The van der Waals surface area contributed by atoms with Crippen molar-refractivity contribution in [2.45, 2.75) is 30.9 Å². The summed E-state index contributed by atoms with van der Waals surface area (Å²) in [6, 6.07) is 4.89. The Morgan fingerprint density at radius 3 is 2.81 bits per heavy atom. The molecule has 0 bridgehead atoms. The van der Waals surface area contributed by atoms with E-state index < -0.39 is 0 Å². The highest BCUT2D eigenvalue weighted by molar-refractivity contribution is 7.99. The zero-order valence-electron chi connectivity index (χ0n) is 12.1. The Hall–Kier alpha value is -1.86. The molecule has 6 nitrogen and oxygen atoms in total. The van der Waals surface area contributed by atoms with Crippen LogP contribution in [0.1, 0.15) is 29.0 Å². The molecular weight excluding hydrogens is 290 g/mol. The zero-order chi connectivity index (χ0) is 15.6. The number of rotatable bonds is 5. The largest absolute Gasteiger partial charge is 0.390 e. The van der Waals surface area contributed by atoms with E-state index in [0.717, 1.165) is 22.0 Å². The van der Waals surface area contributed by atoms with Crippen LogP contribution in [0, 0.1) is 17.0 Å².